The first-order valence-electron chi connectivity index (χ1n) is 7.17. The van der Waals surface area contributed by atoms with Gasteiger partial charge in [-0.2, -0.15) is 5.10 Å². The number of aromatic amines is 1. The van der Waals surface area contributed by atoms with Gasteiger partial charge in [0, 0.05) is 23.5 Å². The quantitative estimate of drug-likeness (QED) is 0.656. The standard InChI is InChI=1S/C16H14FN5O2/c17-12-4-2-1-3-11(12)14(23)16(24)19-9-13-20-15(22-21-13)10-5-7-18-8-6-10/h1-8,14,23H,9H2,(H,19,24)(H,20,21,22)/t14-/m1/s1. The molecule has 2 heterocycles. The third-order valence-corrected chi connectivity index (χ3v) is 3.35. The summed E-state index contributed by atoms with van der Waals surface area (Å²) in [5.74, 6) is -0.478. The summed E-state index contributed by atoms with van der Waals surface area (Å²) in [6.07, 6.45) is 1.66. The number of aromatic nitrogens is 4. The highest BCUT2D eigenvalue weighted by molar-refractivity contribution is 5.81. The van der Waals surface area contributed by atoms with Crippen LogP contribution in [-0.2, 0) is 11.3 Å². The third kappa shape index (κ3) is 3.44. The van der Waals surface area contributed by atoms with E-state index in [1.54, 1.807) is 30.6 Å². The van der Waals surface area contributed by atoms with E-state index in [0.29, 0.717) is 11.6 Å². The van der Waals surface area contributed by atoms with Crippen LogP contribution < -0.4 is 5.32 Å². The molecule has 0 aliphatic heterocycles. The van der Waals surface area contributed by atoms with Crippen molar-refractivity contribution in [3.63, 3.8) is 0 Å². The fourth-order valence-corrected chi connectivity index (χ4v) is 2.11. The molecule has 24 heavy (non-hydrogen) atoms. The predicted molar refractivity (Wildman–Crippen MR) is 82.8 cm³/mol. The molecule has 0 saturated carbocycles. The average Bonchev–Trinajstić information content (AvgIpc) is 3.09. The number of aliphatic hydroxyl groups excluding tert-OH is 1. The Labute approximate surface area is 136 Å². The van der Waals surface area contributed by atoms with Crippen LogP contribution in [0.4, 0.5) is 4.39 Å². The number of nitrogens with zero attached hydrogens (tertiary/aromatic N) is 3. The Kier molecular flexibility index (Phi) is 4.57. The second kappa shape index (κ2) is 6.97. The van der Waals surface area contributed by atoms with Gasteiger partial charge < -0.3 is 10.4 Å². The molecule has 0 bridgehead atoms. The van der Waals surface area contributed by atoms with Crippen LogP contribution in [0.25, 0.3) is 11.4 Å². The molecule has 0 unspecified atom stereocenters. The van der Waals surface area contributed by atoms with Crippen LogP contribution in [0.3, 0.4) is 0 Å². The van der Waals surface area contributed by atoms with Crippen molar-refractivity contribution in [2.75, 3.05) is 0 Å². The second-order valence-corrected chi connectivity index (χ2v) is 4.98. The maximum Gasteiger partial charge on any atom is 0.253 e. The Bertz CT molecular complexity index is 837. The Morgan fingerprint density at radius 2 is 2.00 bits per heavy atom. The van der Waals surface area contributed by atoms with Gasteiger partial charge in [-0.1, -0.05) is 18.2 Å². The molecule has 0 radical (unpaired) electrons. The van der Waals surface area contributed by atoms with Gasteiger partial charge in [0.15, 0.2) is 11.9 Å². The Balaban J connectivity index is 1.63. The van der Waals surface area contributed by atoms with E-state index in [4.69, 9.17) is 0 Å². The summed E-state index contributed by atoms with van der Waals surface area (Å²) in [7, 11) is 0. The van der Waals surface area contributed by atoms with E-state index in [1.807, 2.05) is 0 Å². The van der Waals surface area contributed by atoms with Crippen molar-refractivity contribution in [1.29, 1.82) is 0 Å². The zero-order chi connectivity index (χ0) is 16.9. The molecule has 8 heteroatoms. The number of hydrogen-bond acceptors (Lipinski definition) is 5. The maximum absolute atomic E-state index is 13.6. The third-order valence-electron chi connectivity index (χ3n) is 3.35. The Hall–Kier alpha value is -3.13. The van der Waals surface area contributed by atoms with Gasteiger partial charge in [-0.05, 0) is 18.2 Å². The van der Waals surface area contributed by atoms with Crippen LogP contribution >= 0.6 is 0 Å². The van der Waals surface area contributed by atoms with Crippen molar-refractivity contribution in [2.45, 2.75) is 12.6 Å². The average molecular weight is 327 g/mol. The van der Waals surface area contributed by atoms with Gasteiger partial charge >= 0.3 is 0 Å². The van der Waals surface area contributed by atoms with Gasteiger partial charge in [0.05, 0.1) is 6.54 Å². The van der Waals surface area contributed by atoms with Gasteiger partial charge in [0.2, 0.25) is 0 Å². The van der Waals surface area contributed by atoms with Gasteiger partial charge in [-0.3, -0.25) is 14.9 Å². The normalized spacial score (nSPS) is 11.9. The molecule has 0 spiro atoms. The number of halogens is 1. The van der Waals surface area contributed by atoms with Crippen LogP contribution in [-0.4, -0.2) is 31.2 Å². The lowest BCUT2D eigenvalue weighted by atomic mass is 10.1. The van der Waals surface area contributed by atoms with Crippen LogP contribution in [0.5, 0.6) is 0 Å². The molecular formula is C16H14FN5O2. The van der Waals surface area contributed by atoms with Crippen molar-refractivity contribution < 1.29 is 14.3 Å². The Morgan fingerprint density at radius 3 is 2.75 bits per heavy atom. The number of carbonyl (C=O) groups excluding carboxylic acids is 1. The molecule has 7 nitrogen and oxygen atoms in total. The number of aliphatic hydroxyl groups is 1. The molecule has 3 aromatic rings. The number of nitrogens with one attached hydrogen (secondary N) is 2. The van der Waals surface area contributed by atoms with E-state index < -0.39 is 17.8 Å². The summed E-state index contributed by atoms with van der Waals surface area (Å²) >= 11 is 0. The molecule has 2 aromatic heterocycles. The van der Waals surface area contributed by atoms with E-state index in [1.165, 1.54) is 18.2 Å². The molecule has 0 fully saturated rings. The number of carbonyl (C=O) groups is 1. The molecule has 1 aromatic carbocycles. The summed E-state index contributed by atoms with van der Waals surface area (Å²) in [5.41, 5.74) is 0.704. The van der Waals surface area contributed by atoms with Crippen molar-refractivity contribution in [1.82, 2.24) is 25.5 Å². The molecule has 0 saturated heterocycles. The molecule has 1 atom stereocenters. The topological polar surface area (TPSA) is 104 Å². The molecule has 3 rings (SSSR count). The molecular weight excluding hydrogens is 313 g/mol. The van der Waals surface area contributed by atoms with Crippen molar-refractivity contribution in [3.05, 3.63) is 66.0 Å². The van der Waals surface area contributed by atoms with Gasteiger partial charge in [-0.25, -0.2) is 9.37 Å². The highest BCUT2D eigenvalue weighted by Gasteiger charge is 2.20. The zero-order valence-corrected chi connectivity index (χ0v) is 12.5. The second-order valence-electron chi connectivity index (χ2n) is 4.98. The number of H-pyrrole nitrogens is 1. The van der Waals surface area contributed by atoms with E-state index in [2.05, 4.69) is 25.5 Å². The van der Waals surface area contributed by atoms with Crippen LogP contribution in [0, 0.1) is 5.82 Å². The minimum Gasteiger partial charge on any atom is -0.378 e. The summed E-state index contributed by atoms with van der Waals surface area (Å²) in [6.45, 7) is 0.0302. The summed E-state index contributed by atoms with van der Waals surface area (Å²) < 4.78 is 13.6. The molecule has 0 aliphatic rings. The Morgan fingerprint density at radius 1 is 1.25 bits per heavy atom. The van der Waals surface area contributed by atoms with E-state index in [0.717, 1.165) is 5.56 Å². The first-order chi connectivity index (χ1) is 11.6. The number of benzene rings is 1. The lowest BCUT2D eigenvalue weighted by Gasteiger charge is -2.11. The van der Waals surface area contributed by atoms with E-state index in [-0.39, 0.29) is 12.1 Å². The minimum absolute atomic E-state index is 0.0302. The smallest absolute Gasteiger partial charge is 0.253 e. The van der Waals surface area contributed by atoms with Crippen LogP contribution in [0.1, 0.15) is 17.5 Å². The fraction of sp³-hybridized carbons (Fsp3) is 0.125. The highest BCUT2D eigenvalue weighted by Crippen LogP contribution is 2.17. The van der Waals surface area contributed by atoms with Gasteiger partial charge in [-0.15, -0.1) is 0 Å². The molecule has 1 amide bonds. The van der Waals surface area contributed by atoms with Crippen LogP contribution in [0.15, 0.2) is 48.8 Å². The SMILES string of the molecule is O=C(NCc1nc(-c2ccncc2)n[nH]1)[C@H](O)c1ccccc1F. The van der Waals surface area contributed by atoms with Gasteiger partial charge in [0.1, 0.15) is 11.6 Å². The maximum atomic E-state index is 13.6. The van der Waals surface area contributed by atoms with Crippen molar-refractivity contribution in [2.24, 2.45) is 0 Å². The van der Waals surface area contributed by atoms with Crippen molar-refractivity contribution in [3.8, 4) is 11.4 Å². The van der Waals surface area contributed by atoms with Crippen molar-refractivity contribution >= 4 is 5.91 Å². The molecule has 122 valence electrons. The zero-order valence-electron chi connectivity index (χ0n) is 12.5. The van der Waals surface area contributed by atoms with E-state index in [9.17, 15) is 14.3 Å². The number of hydrogen-bond donors (Lipinski definition) is 3. The number of pyridine rings is 1. The molecule has 0 aliphatic carbocycles. The lowest BCUT2D eigenvalue weighted by molar-refractivity contribution is -0.130. The monoisotopic (exact) mass is 327 g/mol. The predicted octanol–water partition coefficient (Wildman–Crippen LogP) is 1.36. The first-order valence-corrected chi connectivity index (χ1v) is 7.17. The minimum atomic E-state index is -1.59. The number of rotatable bonds is 5. The fourth-order valence-electron chi connectivity index (χ4n) is 2.11. The van der Waals surface area contributed by atoms with Crippen LogP contribution in [0.2, 0.25) is 0 Å². The van der Waals surface area contributed by atoms with Gasteiger partial charge in [0.25, 0.3) is 5.91 Å². The highest BCUT2D eigenvalue weighted by atomic mass is 19.1. The first kappa shape index (κ1) is 15.8. The summed E-state index contributed by atoms with van der Waals surface area (Å²) in [6, 6.07) is 9.09. The molecule has 3 N–H and O–H groups in total. The number of amides is 1. The van der Waals surface area contributed by atoms with E-state index >= 15 is 0 Å². The lowest BCUT2D eigenvalue weighted by Crippen LogP contribution is -2.29. The summed E-state index contributed by atoms with van der Waals surface area (Å²) in [4.78, 5) is 20.1. The largest absolute Gasteiger partial charge is 0.378 e. The summed E-state index contributed by atoms with van der Waals surface area (Å²) in [5, 5.41) is 19.2.